The highest BCUT2D eigenvalue weighted by Crippen LogP contribution is 2.34. The minimum absolute atomic E-state index is 0.0312. The molecule has 5 heteroatoms. The number of hydrogen-bond acceptors (Lipinski definition) is 3. The van der Waals surface area contributed by atoms with E-state index in [1.807, 2.05) is 43.3 Å². The van der Waals surface area contributed by atoms with Gasteiger partial charge in [-0.3, -0.25) is 9.59 Å². The van der Waals surface area contributed by atoms with Crippen LogP contribution >= 0.6 is 0 Å². The van der Waals surface area contributed by atoms with Gasteiger partial charge in [0.1, 0.15) is 5.75 Å². The molecule has 0 radical (unpaired) electrons. The summed E-state index contributed by atoms with van der Waals surface area (Å²) in [5.74, 6) is 0.277. The highest BCUT2D eigenvalue weighted by Gasteiger charge is 2.37. The summed E-state index contributed by atoms with van der Waals surface area (Å²) >= 11 is 0. The Hall–Kier alpha value is -2.82. The maximum absolute atomic E-state index is 12.9. The molecule has 1 N–H and O–H groups in total. The van der Waals surface area contributed by atoms with E-state index in [4.69, 9.17) is 4.74 Å². The van der Waals surface area contributed by atoms with Gasteiger partial charge in [-0.2, -0.15) is 0 Å². The average Bonchev–Trinajstić information content (AvgIpc) is 3.11. The first-order valence-electron chi connectivity index (χ1n) is 10.1. The number of aryl methyl sites for hydroxylation is 1. The highest BCUT2D eigenvalue weighted by molar-refractivity contribution is 6.01. The number of benzene rings is 2. The van der Waals surface area contributed by atoms with Crippen LogP contribution in [0.1, 0.15) is 43.4 Å². The summed E-state index contributed by atoms with van der Waals surface area (Å²) in [7, 11) is 0. The molecule has 2 aliphatic rings. The van der Waals surface area contributed by atoms with Crippen LogP contribution in [0, 0.1) is 5.92 Å². The Labute approximate surface area is 165 Å². The predicted molar refractivity (Wildman–Crippen MR) is 108 cm³/mol. The number of ether oxygens (including phenoxy) is 1. The standard InChI is InChI=1S/C23H26N2O3/c1-2-28-21-13-6-5-12-20(21)25-15-17(14-22(25)26)23(27)24-19-11-7-9-16-8-3-4-10-18(16)19/h3-6,8,10,12-13,17,19H,2,7,9,11,14-15H2,1H3,(H,24,27)/t17-,19+/m0/s1. The fourth-order valence-corrected chi connectivity index (χ4v) is 4.27. The zero-order valence-electron chi connectivity index (χ0n) is 16.2. The Balaban J connectivity index is 1.47. The molecule has 5 nitrogen and oxygen atoms in total. The third-order valence-electron chi connectivity index (χ3n) is 5.64. The van der Waals surface area contributed by atoms with Crippen molar-refractivity contribution in [2.45, 2.75) is 38.6 Å². The molecule has 146 valence electrons. The number of anilines is 1. The molecule has 0 saturated carbocycles. The summed E-state index contributed by atoms with van der Waals surface area (Å²) in [4.78, 5) is 27.2. The first-order valence-corrected chi connectivity index (χ1v) is 10.1. The molecular formula is C23H26N2O3. The second kappa shape index (κ2) is 8.05. The molecule has 2 amide bonds. The van der Waals surface area contributed by atoms with Crippen LogP contribution in [-0.4, -0.2) is 25.0 Å². The molecule has 2 atom stereocenters. The normalized spacial score (nSPS) is 21.3. The summed E-state index contributed by atoms with van der Waals surface area (Å²) in [5, 5.41) is 3.20. The van der Waals surface area contributed by atoms with Crippen molar-refractivity contribution >= 4 is 17.5 Å². The second-order valence-electron chi connectivity index (χ2n) is 7.46. The van der Waals surface area contributed by atoms with Gasteiger partial charge in [-0.25, -0.2) is 0 Å². The molecule has 0 bridgehead atoms. The third kappa shape index (κ3) is 3.61. The molecule has 1 aliphatic heterocycles. The summed E-state index contributed by atoms with van der Waals surface area (Å²) in [6.07, 6.45) is 3.31. The van der Waals surface area contributed by atoms with E-state index in [-0.39, 0.29) is 30.2 Å². The van der Waals surface area contributed by atoms with E-state index in [0.29, 0.717) is 18.9 Å². The summed E-state index contributed by atoms with van der Waals surface area (Å²) in [5.41, 5.74) is 3.27. The maximum atomic E-state index is 12.9. The van der Waals surface area contributed by atoms with Gasteiger partial charge in [0.05, 0.1) is 24.3 Å². The second-order valence-corrected chi connectivity index (χ2v) is 7.46. The van der Waals surface area contributed by atoms with Crippen molar-refractivity contribution in [1.29, 1.82) is 0 Å². The minimum Gasteiger partial charge on any atom is -0.492 e. The Morgan fingerprint density at radius 2 is 1.96 bits per heavy atom. The molecule has 1 saturated heterocycles. The monoisotopic (exact) mass is 378 g/mol. The first kappa shape index (κ1) is 18.5. The summed E-state index contributed by atoms with van der Waals surface area (Å²) < 4.78 is 5.66. The van der Waals surface area contributed by atoms with Gasteiger partial charge in [0.25, 0.3) is 0 Å². The van der Waals surface area contributed by atoms with Crippen LogP contribution in [0.15, 0.2) is 48.5 Å². The number of carbonyl (C=O) groups is 2. The SMILES string of the molecule is CCOc1ccccc1N1C[C@@H](C(=O)N[C@@H]2CCCc3ccccc32)CC1=O. The fraction of sp³-hybridized carbons (Fsp3) is 0.391. The molecular weight excluding hydrogens is 352 g/mol. The lowest BCUT2D eigenvalue weighted by molar-refractivity contribution is -0.127. The fourth-order valence-electron chi connectivity index (χ4n) is 4.27. The number of hydrogen-bond donors (Lipinski definition) is 1. The van der Waals surface area contributed by atoms with Crippen LogP contribution < -0.4 is 15.0 Å². The van der Waals surface area contributed by atoms with Crippen molar-refractivity contribution < 1.29 is 14.3 Å². The van der Waals surface area contributed by atoms with Gasteiger partial charge in [0.2, 0.25) is 11.8 Å². The smallest absolute Gasteiger partial charge is 0.227 e. The minimum atomic E-state index is -0.337. The van der Waals surface area contributed by atoms with Gasteiger partial charge in [-0.1, -0.05) is 36.4 Å². The van der Waals surface area contributed by atoms with Crippen molar-refractivity contribution in [3.63, 3.8) is 0 Å². The zero-order valence-corrected chi connectivity index (χ0v) is 16.2. The van der Waals surface area contributed by atoms with E-state index in [1.54, 1.807) is 4.90 Å². The van der Waals surface area contributed by atoms with Crippen molar-refractivity contribution in [3.05, 3.63) is 59.7 Å². The quantitative estimate of drug-likeness (QED) is 0.864. The lowest BCUT2D eigenvalue weighted by atomic mass is 9.87. The van der Waals surface area contributed by atoms with E-state index in [9.17, 15) is 9.59 Å². The largest absolute Gasteiger partial charge is 0.492 e. The van der Waals surface area contributed by atoms with Crippen LogP contribution in [0.25, 0.3) is 0 Å². The highest BCUT2D eigenvalue weighted by atomic mass is 16.5. The molecule has 28 heavy (non-hydrogen) atoms. The van der Waals surface area contributed by atoms with Gasteiger partial charge in [-0.15, -0.1) is 0 Å². The molecule has 0 spiro atoms. The van der Waals surface area contributed by atoms with Gasteiger partial charge >= 0.3 is 0 Å². The zero-order chi connectivity index (χ0) is 19.5. The number of fused-ring (bicyclic) bond motifs is 1. The number of carbonyl (C=O) groups excluding carboxylic acids is 2. The maximum Gasteiger partial charge on any atom is 0.227 e. The van der Waals surface area contributed by atoms with Gasteiger partial charge in [0, 0.05) is 13.0 Å². The van der Waals surface area contributed by atoms with E-state index < -0.39 is 0 Å². The van der Waals surface area contributed by atoms with E-state index in [1.165, 1.54) is 11.1 Å². The van der Waals surface area contributed by atoms with Crippen molar-refractivity contribution in [3.8, 4) is 5.75 Å². The van der Waals surface area contributed by atoms with Crippen LogP contribution in [0.4, 0.5) is 5.69 Å². The molecule has 1 fully saturated rings. The van der Waals surface area contributed by atoms with E-state index in [2.05, 4.69) is 17.4 Å². The van der Waals surface area contributed by atoms with Gasteiger partial charge < -0.3 is 15.0 Å². The number of nitrogens with one attached hydrogen (secondary N) is 1. The number of amides is 2. The van der Waals surface area contributed by atoms with Crippen LogP contribution in [-0.2, 0) is 16.0 Å². The summed E-state index contributed by atoms with van der Waals surface area (Å²) in [6.45, 7) is 2.84. The van der Waals surface area contributed by atoms with E-state index in [0.717, 1.165) is 24.9 Å². The van der Waals surface area contributed by atoms with Crippen molar-refractivity contribution in [2.75, 3.05) is 18.1 Å². The third-order valence-corrected chi connectivity index (χ3v) is 5.64. The Bertz CT molecular complexity index is 880. The van der Waals surface area contributed by atoms with Crippen LogP contribution in [0.2, 0.25) is 0 Å². The molecule has 1 heterocycles. The van der Waals surface area contributed by atoms with Crippen molar-refractivity contribution in [1.82, 2.24) is 5.32 Å². The Morgan fingerprint density at radius 3 is 2.82 bits per heavy atom. The first-order chi connectivity index (χ1) is 13.7. The average molecular weight is 378 g/mol. The number of para-hydroxylation sites is 2. The lowest BCUT2D eigenvalue weighted by Crippen LogP contribution is -2.36. The number of rotatable bonds is 5. The molecule has 4 rings (SSSR count). The molecule has 1 aliphatic carbocycles. The van der Waals surface area contributed by atoms with Crippen LogP contribution in [0.3, 0.4) is 0 Å². The van der Waals surface area contributed by atoms with Gasteiger partial charge in [-0.05, 0) is 49.4 Å². The van der Waals surface area contributed by atoms with Crippen LogP contribution in [0.5, 0.6) is 5.75 Å². The van der Waals surface area contributed by atoms with Gasteiger partial charge in [0.15, 0.2) is 0 Å². The predicted octanol–water partition coefficient (Wildman–Crippen LogP) is 3.63. The Morgan fingerprint density at radius 1 is 1.18 bits per heavy atom. The molecule has 2 aromatic rings. The van der Waals surface area contributed by atoms with Crippen molar-refractivity contribution in [2.24, 2.45) is 5.92 Å². The number of nitrogens with zero attached hydrogens (tertiary/aromatic N) is 1. The molecule has 0 unspecified atom stereocenters. The summed E-state index contributed by atoms with van der Waals surface area (Å²) in [6, 6.07) is 15.9. The topological polar surface area (TPSA) is 58.6 Å². The Kier molecular flexibility index (Phi) is 5.33. The van der Waals surface area contributed by atoms with E-state index >= 15 is 0 Å². The lowest BCUT2D eigenvalue weighted by Gasteiger charge is -2.27. The molecule has 2 aromatic carbocycles. The molecule has 0 aromatic heterocycles.